The smallest absolute Gasteiger partial charge is 0.338 e. The molecule has 31 heavy (non-hydrogen) atoms. The Morgan fingerprint density at radius 3 is 2.48 bits per heavy atom. The predicted molar refractivity (Wildman–Crippen MR) is 123 cm³/mol. The number of ether oxygens (including phenoxy) is 1. The third-order valence-electron chi connectivity index (χ3n) is 5.53. The van der Waals surface area contributed by atoms with Gasteiger partial charge in [-0.1, -0.05) is 42.1 Å². The number of allylic oxidation sites excluding steroid dienone is 1. The number of thioether (sulfide) groups is 1. The van der Waals surface area contributed by atoms with Gasteiger partial charge in [0.25, 0.3) is 0 Å². The number of amidine groups is 1. The van der Waals surface area contributed by atoms with E-state index in [2.05, 4.69) is 0 Å². The number of likely N-dealkylation sites (tertiary alicyclic amines) is 1. The maximum absolute atomic E-state index is 13.3. The molecule has 0 aliphatic carbocycles. The third kappa shape index (κ3) is 4.56. The van der Waals surface area contributed by atoms with E-state index in [-0.39, 0.29) is 17.9 Å². The van der Waals surface area contributed by atoms with Crippen molar-refractivity contribution in [2.24, 2.45) is 4.99 Å². The zero-order valence-electron chi connectivity index (χ0n) is 18.6. The number of hydrogen-bond acceptors (Lipinski definition) is 6. The lowest BCUT2D eigenvalue weighted by molar-refractivity contribution is -0.150. The summed E-state index contributed by atoms with van der Waals surface area (Å²) in [6, 6.07) is 9.52. The number of carbonyl (C=O) groups excluding carboxylic acids is 2. The molecule has 1 amide bonds. The summed E-state index contributed by atoms with van der Waals surface area (Å²) in [5.74, 6) is -0.244. The van der Waals surface area contributed by atoms with E-state index in [1.807, 2.05) is 73.2 Å². The van der Waals surface area contributed by atoms with Crippen LogP contribution in [-0.2, 0) is 14.3 Å². The Morgan fingerprint density at radius 1 is 1.16 bits per heavy atom. The highest BCUT2D eigenvalue weighted by atomic mass is 32.2. The summed E-state index contributed by atoms with van der Waals surface area (Å²) in [5, 5.41) is 2.79. The monoisotopic (exact) mass is 439 g/mol. The summed E-state index contributed by atoms with van der Waals surface area (Å²) in [6.07, 6.45) is 2.43. The first-order valence-corrected chi connectivity index (χ1v) is 11.6. The van der Waals surface area contributed by atoms with Crippen LogP contribution in [0.3, 0.4) is 0 Å². The molecule has 4 rings (SSSR count). The lowest BCUT2D eigenvalue weighted by atomic mass is 9.93. The van der Waals surface area contributed by atoms with Gasteiger partial charge in [-0.2, -0.15) is 0 Å². The highest BCUT2D eigenvalue weighted by molar-refractivity contribution is 8.16. The normalized spacial score (nSPS) is 21.1. The van der Waals surface area contributed by atoms with Crippen molar-refractivity contribution in [3.05, 3.63) is 58.3 Å². The van der Waals surface area contributed by atoms with Gasteiger partial charge in [0.1, 0.15) is 5.60 Å². The van der Waals surface area contributed by atoms with Crippen LogP contribution in [0, 0.1) is 0 Å². The Morgan fingerprint density at radius 2 is 1.84 bits per heavy atom. The van der Waals surface area contributed by atoms with Crippen molar-refractivity contribution in [3.8, 4) is 0 Å². The number of esters is 1. The van der Waals surface area contributed by atoms with E-state index >= 15 is 0 Å². The molecule has 1 atom stereocenters. The van der Waals surface area contributed by atoms with Crippen LogP contribution in [0.4, 0.5) is 0 Å². The largest absolute Gasteiger partial charge is 0.456 e. The van der Waals surface area contributed by atoms with Gasteiger partial charge in [-0.25, -0.2) is 9.79 Å². The quantitative estimate of drug-likeness (QED) is 0.641. The van der Waals surface area contributed by atoms with Crippen molar-refractivity contribution in [1.82, 2.24) is 9.80 Å². The van der Waals surface area contributed by atoms with Crippen LogP contribution < -0.4 is 0 Å². The number of rotatable bonds is 4. The van der Waals surface area contributed by atoms with Crippen molar-refractivity contribution in [1.29, 1.82) is 0 Å². The average molecular weight is 440 g/mol. The molecular formula is C24H29N3O3S. The van der Waals surface area contributed by atoms with E-state index < -0.39 is 5.60 Å². The molecule has 0 aromatic heterocycles. The summed E-state index contributed by atoms with van der Waals surface area (Å²) in [4.78, 5) is 34.8. The zero-order chi connectivity index (χ0) is 22.2. The minimum atomic E-state index is -0.611. The minimum absolute atomic E-state index is 0.127. The maximum Gasteiger partial charge on any atom is 0.338 e. The number of aliphatic imine (C=N–C) groups is 1. The van der Waals surface area contributed by atoms with Crippen molar-refractivity contribution >= 4 is 28.8 Å². The van der Waals surface area contributed by atoms with E-state index in [1.54, 1.807) is 0 Å². The Balaban J connectivity index is 1.70. The van der Waals surface area contributed by atoms with Crippen LogP contribution in [0.5, 0.6) is 0 Å². The molecule has 3 aliphatic rings. The summed E-state index contributed by atoms with van der Waals surface area (Å²) < 4.78 is 5.75. The summed E-state index contributed by atoms with van der Waals surface area (Å²) >= 11 is 1.50. The number of nitrogens with zero attached hydrogens (tertiary/aromatic N) is 3. The maximum atomic E-state index is 13.3. The fourth-order valence-corrected chi connectivity index (χ4v) is 5.11. The highest BCUT2D eigenvalue weighted by Gasteiger charge is 2.42. The molecule has 0 saturated carbocycles. The number of amides is 1. The van der Waals surface area contributed by atoms with Gasteiger partial charge in [-0.3, -0.25) is 4.79 Å². The molecule has 1 saturated heterocycles. The van der Waals surface area contributed by atoms with Crippen LogP contribution in [0.15, 0.2) is 57.7 Å². The van der Waals surface area contributed by atoms with Gasteiger partial charge >= 0.3 is 5.97 Å². The van der Waals surface area contributed by atoms with Crippen molar-refractivity contribution in [2.75, 3.05) is 13.1 Å². The fraction of sp³-hybridized carbons (Fsp3) is 0.458. The third-order valence-corrected chi connectivity index (χ3v) is 6.41. The average Bonchev–Trinajstić information content (AvgIpc) is 3.37. The molecule has 0 radical (unpaired) electrons. The molecule has 0 N–H and O–H groups in total. The lowest BCUT2D eigenvalue weighted by Crippen LogP contribution is -2.39. The second-order valence-electron chi connectivity index (χ2n) is 9.07. The van der Waals surface area contributed by atoms with E-state index in [1.165, 1.54) is 11.8 Å². The van der Waals surface area contributed by atoms with Gasteiger partial charge < -0.3 is 14.5 Å². The number of fused-ring (bicyclic) bond motifs is 1. The number of carbonyl (C=O) groups is 2. The van der Waals surface area contributed by atoms with Gasteiger partial charge in [0.2, 0.25) is 5.91 Å². The fourth-order valence-electron chi connectivity index (χ4n) is 4.15. The van der Waals surface area contributed by atoms with Gasteiger partial charge in [-0.05, 0) is 51.5 Å². The molecule has 3 aliphatic heterocycles. The summed E-state index contributed by atoms with van der Waals surface area (Å²) in [7, 11) is 0. The Kier molecular flexibility index (Phi) is 5.97. The van der Waals surface area contributed by atoms with Crippen LogP contribution in [0.1, 0.15) is 58.6 Å². The first-order valence-electron chi connectivity index (χ1n) is 10.7. The SMILES string of the molecule is CC1=C(C(=O)OC(C)(C)C)[C@@H](c2ccccc2)N2C(CC(=O)N3CCCC3)=CSC2=N1. The van der Waals surface area contributed by atoms with Crippen molar-refractivity contribution in [3.63, 3.8) is 0 Å². The lowest BCUT2D eigenvalue weighted by Gasteiger charge is -2.37. The molecule has 1 aromatic carbocycles. The van der Waals surface area contributed by atoms with E-state index in [0.29, 0.717) is 17.7 Å². The van der Waals surface area contributed by atoms with E-state index in [0.717, 1.165) is 42.4 Å². The molecule has 7 heteroatoms. The molecule has 6 nitrogen and oxygen atoms in total. The second-order valence-corrected chi connectivity index (χ2v) is 9.91. The molecule has 0 bridgehead atoms. The molecule has 0 unspecified atom stereocenters. The van der Waals surface area contributed by atoms with Crippen LogP contribution in [-0.4, -0.2) is 45.5 Å². The van der Waals surface area contributed by atoms with Gasteiger partial charge in [0.05, 0.1) is 23.7 Å². The predicted octanol–water partition coefficient (Wildman–Crippen LogP) is 4.62. The second kappa shape index (κ2) is 8.54. The van der Waals surface area contributed by atoms with Crippen LogP contribution in [0.2, 0.25) is 0 Å². The number of benzene rings is 1. The van der Waals surface area contributed by atoms with E-state index in [9.17, 15) is 9.59 Å². The molecule has 1 aromatic rings. The van der Waals surface area contributed by atoms with Crippen LogP contribution >= 0.6 is 11.8 Å². The summed E-state index contributed by atoms with van der Waals surface area (Å²) in [5.41, 5.74) is 2.41. The van der Waals surface area contributed by atoms with Crippen LogP contribution in [0.25, 0.3) is 0 Å². The van der Waals surface area contributed by atoms with Crippen molar-refractivity contribution < 1.29 is 14.3 Å². The van der Waals surface area contributed by atoms with Gasteiger partial charge in [-0.15, -0.1) is 0 Å². The van der Waals surface area contributed by atoms with Crippen molar-refractivity contribution in [2.45, 2.75) is 58.6 Å². The first kappa shape index (κ1) is 21.7. The molecule has 1 fully saturated rings. The molecule has 3 heterocycles. The standard InChI is InChI=1S/C24H29N3O3S/c1-16-20(22(29)30-24(2,3)4)21(17-10-6-5-7-11-17)27-18(15-31-23(27)25-16)14-19(28)26-12-8-9-13-26/h5-7,10-11,15,21H,8-9,12-14H2,1-4H3/t21-/m1/s1. The Hall–Kier alpha value is -2.54. The van der Waals surface area contributed by atoms with Gasteiger partial charge in [0.15, 0.2) is 5.17 Å². The number of hydrogen-bond donors (Lipinski definition) is 0. The first-order chi connectivity index (χ1) is 14.7. The minimum Gasteiger partial charge on any atom is -0.456 e. The molecular weight excluding hydrogens is 410 g/mol. The Bertz CT molecular complexity index is 970. The highest BCUT2D eigenvalue weighted by Crippen LogP contribution is 2.45. The van der Waals surface area contributed by atoms with Gasteiger partial charge in [0, 0.05) is 18.8 Å². The topological polar surface area (TPSA) is 62.2 Å². The Labute approximate surface area is 188 Å². The molecule has 164 valence electrons. The summed E-state index contributed by atoms with van der Waals surface area (Å²) in [6.45, 7) is 9.09. The molecule has 0 spiro atoms. The zero-order valence-corrected chi connectivity index (χ0v) is 19.4. The van der Waals surface area contributed by atoms with E-state index in [4.69, 9.17) is 9.73 Å².